The third-order valence-electron chi connectivity index (χ3n) is 3.99. The molecule has 0 aliphatic heterocycles. The second-order valence-electron chi connectivity index (χ2n) is 5.88. The van der Waals surface area contributed by atoms with E-state index in [0.29, 0.717) is 30.4 Å². The van der Waals surface area contributed by atoms with Gasteiger partial charge in [-0.3, -0.25) is 9.18 Å². The zero-order valence-corrected chi connectivity index (χ0v) is 14.5. The van der Waals surface area contributed by atoms with Crippen molar-refractivity contribution in [1.82, 2.24) is 0 Å². The topological polar surface area (TPSA) is 46.5 Å². The number of rotatable bonds is 9. The van der Waals surface area contributed by atoms with Crippen molar-refractivity contribution in [2.75, 3.05) is 13.3 Å². The minimum atomic E-state index is -0.993. The Morgan fingerprint density at radius 1 is 1.15 bits per heavy atom. The molecule has 0 radical (unpaired) electrons. The van der Waals surface area contributed by atoms with Crippen molar-refractivity contribution in [3.8, 4) is 11.5 Å². The lowest BCUT2D eigenvalue weighted by atomic mass is 9.99. The molecule has 26 heavy (non-hydrogen) atoms. The van der Waals surface area contributed by atoms with E-state index in [-0.39, 0.29) is 24.3 Å². The first-order valence-electron chi connectivity index (χ1n) is 8.48. The molecule has 0 bridgehead atoms. The van der Waals surface area contributed by atoms with Crippen LogP contribution in [0.5, 0.6) is 11.5 Å². The summed E-state index contributed by atoms with van der Waals surface area (Å²) in [6.07, 6.45) is 1.17. The van der Waals surface area contributed by atoms with Crippen LogP contribution in [0.4, 0.5) is 13.2 Å². The van der Waals surface area contributed by atoms with Crippen LogP contribution in [0.1, 0.15) is 41.3 Å². The van der Waals surface area contributed by atoms with E-state index in [1.165, 1.54) is 18.2 Å². The predicted molar refractivity (Wildman–Crippen MR) is 92.6 cm³/mol. The number of hydrogen-bond acceptors (Lipinski definition) is 3. The summed E-state index contributed by atoms with van der Waals surface area (Å²) >= 11 is 0. The summed E-state index contributed by atoms with van der Waals surface area (Å²) in [5, 5.41) is 9.89. The standard InChI is InChI=1S/C20H21F3O3/c1-2-26-18-9-8-15(20(25)19(18)23)17(24)12-13-6-7-14(16(22)11-13)5-3-4-10-21/h6-9,11,25H,2-5,10,12H2,1H3. The molecule has 0 aliphatic rings. The molecule has 0 unspecified atom stereocenters. The van der Waals surface area contributed by atoms with E-state index in [9.17, 15) is 23.1 Å². The highest BCUT2D eigenvalue weighted by molar-refractivity contribution is 6.00. The molecular formula is C20H21F3O3. The van der Waals surface area contributed by atoms with Gasteiger partial charge in [0.25, 0.3) is 0 Å². The number of ether oxygens (including phenoxy) is 1. The molecule has 140 valence electrons. The number of benzene rings is 2. The molecule has 2 aromatic rings. The lowest BCUT2D eigenvalue weighted by Gasteiger charge is -2.10. The zero-order valence-electron chi connectivity index (χ0n) is 14.5. The van der Waals surface area contributed by atoms with Crippen LogP contribution < -0.4 is 4.74 Å². The molecule has 0 amide bonds. The fraction of sp³-hybridized carbons (Fsp3) is 0.350. The monoisotopic (exact) mass is 366 g/mol. The third kappa shape index (κ3) is 4.77. The van der Waals surface area contributed by atoms with Gasteiger partial charge < -0.3 is 9.84 Å². The van der Waals surface area contributed by atoms with Crippen molar-refractivity contribution in [2.45, 2.75) is 32.6 Å². The number of carbonyl (C=O) groups is 1. The SMILES string of the molecule is CCOc1ccc(C(=O)Cc2ccc(CCCCF)c(F)c2)c(O)c1F. The van der Waals surface area contributed by atoms with E-state index in [4.69, 9.17) is 4.74 Å². The summed E-state index contributed by atoms with van der Waals surface area (Å²) < 4.78 is 45.2. The molecule has 0 aromatic heterocycles. The second-order valence-corrected chi connectivity index (χ2v) is 5.88. The molecule has 1 N–H and O–H groups in total. The average molecular weight is 366 g/mol. The fourth-order valence-corrected chi connectivity index (χ4v) is 2.63. The molecule has 0 saturated carbocycles. The lowest BCUT2D eigenvalue weighted by molar-refractivity contribution is 0.0989. The van der Waals surface area contributed by atoms with Crippen molar-refractivity contribution in [3.05, 3.63) is 58.7 Å². The van der Waals surface area contributed by atoms with Crippen molar-refractivity contribution in [2.24, 2.45) is 0 Å². The van der Waals surface area contributed by atoms with Crippen LogP contribution in [0.2, 0.25) is 0 Å². The molecule has 2 rings (SSSR count). The van der Waals surface area contributed by atoms with Crippen LogP contribution in [-0.2, 0) is 12.8 Å². The largest absolute Gasteiger partial charge is 0.504 e. The summed E-state index contributed by atoms with van der Waals surface area (Å²) in [4.78, 5) is 12.3. The van der Waals surface area contributed by atoms with Crippen LogP contribution in [0.25, 0.3) is 0 Å². The van der Waals surface area contributed by atoms with Crippen LogP contribution >= 0.6 is 0 Å². The van der Waals surface area contributed by atoms with Crippen molar-refractivity contribution in [1.29, 1.82) is 0 Å². The van der Waals surface area contributed by atoms with Crippen molar-refractivity contribution < 1.29 is 27.8 Å². The minimum absolute atomic E-state index is 0.134. The number of ketones is 1. The van der Waals surface area contributed by atoms with E-state index >= 15 is 0 Å². The van der Waals surface area contributed by atoms with Crippen LogP contribution in [-0.4, -0.2) is 24.2 Å². The first kappa shape index (κ1) is 19.8. The number of phenols is 1. The van der Waals surface area contributed by atoms with Crippen LogP contribution in [0.3, 0.4) is 0 Å². The number of phenolic OH excluding ortho intramolecular Hbond substituents is 1. The summed E-state index contributed by atoms with van der Waals surface area (Å²) in [6, 6.07) is 6.97. The van der Waals surface area contributed by atoms with Gasteiger partial charge >= 0.3 is 0 Å². The van der Waals surface area contributed by atoms with Gasteiger partial charge in [0.05, 0.1) is 18.8 Å². The number of carbonyl (C=O) groups excluding carboxylic acids is 1. The van der Waals surface area contributed by atoms with Gasteiger partial charge in [-0.15, -0.1) is 0 Å². The Labute approximate surface area is 150 Å². The van der Waals surface area contributed by atoms with Gasteiger partial charge in [-0.05, 0) is 55.5 Å². The molecule has 0 fully saturated rings. The van der Waals surface area contributed by atoms with Crippen molar-refractivity contribution in [3.63, 3.8) is 0 Å². The summed E-state index contributed by atoms with van der Waals surface area (Å²) in [5.74, 6) is -2.90. The molecule has 2 aromatic carbocycles. The maximum atomic E-state index is 14.1. The van der Waals surface area contributed by atoms with Gasteiger partial charge in [0.1, 0.15) is 5.82 Å². The molecule has 3 nitrogen and oxygen atoms in total. The Kier molecular flexibility index (Phi) is 7.06. The highest BCUT2D eigenvalue weighted by Crippen LogP contribution is 2.30. The molecule has 0 spiro atoms. The second kappa shape index (κ2) is 9.27. The predicted octanol–water partition coefficient (Wildman–Crippen LogP) is 4.79. The fourth-order valence-electron chi connectivity index (χ4n) is 2.63. The smallest absolute Gasteiger partial charge is 0.207 e. The van der Waals surface area contributed by atoms with E-state index in [1.807, 2.05) is 0 Å². The normalized spacial score (nSPS) is 10.8. The molecule has 0 atom stereocenters. The third-order valence-corrected chi connectivity index (χ3v) is 3.99. The number of alkyl halides is 1. The van der Waals surface area contributed by atoms with Gasteiger partial charge in [-0.2, -0.15) is 4.39 Å². The number of aryl methyl sites for hydroxylation is 1. The van der Waals surface area contributed by atoms with Gasteiger partial charge in [-0.25, -0.2) is 4.39 Å². The Bertz CT molecular complexity index is 775. The Morgan fingerprint density at radius 3 is 2.58 bits per heavy atom. The Balaban J connectivity index is 2.12. The Morgan fingerprint density at radius 2 is 1.92 bits per heavy atom. The zero-order chi connectivity index (χ0) is 19.1. The van der Waals surface area contributed by atoms with E-state index in [1.54, 1.807) is 19.1 Å². The quantitative estimate of drug-likeness (QED) is 0.513. The van der Waals surface area contributed by atoms with E-state index in [2.05, 4.69) is 0 Å². The average Bonchev–Trinajstić information content (AvgIpc) is 2.61. The number of unbranched alkanes of at least 4 members (excludes halogenated alkanes) is 1. The number of aromatic hydroxyl groups is 1. The maximum Gasteiger partial charge on any atom is 0.207 e. The highest BCUT2D eigenvalue weighted by atomic mass is 19.1. The van der Waals surface area contributed by atoms with E-state index in [0.717, 1.165) is 0 Å². The lowest BCUT2D eigenvalue weighted by Crippen LogP contribution is -2.06. The molecule has 0 aliphatic carbocycles. The van der Waals surface area contributed by atoms with Crippen LogP contribution in [0, 0.1) is 11.6 Å². The maximum absolute atomic E-state index is 14.1. The highest BCUT2D eigenvalue weighted by Gasteiger charge is 2.19. The van der Waals surface area contributed by atoms with Gasteiger partial charge in [0.2, 0.25) is 5.82 Å². The summed E-state index contributed by atoms with van der Waals surface area (Å²) in [6.45, 7) is 1.46. The number of halogens is 3. The van der Waals surface area contributed by atoms with Crippen molar-refractivity contribution >= 4 is 5.78 Å². The molecule has 0 heterocycles. The Hall–Kier alpha value is -2.50. The first-order valence-corrected chi connectivity index (χ1v) is 8.48. The first-order chi connectivity index (χ1) is 12.5. The number of hydrogen-bond donors (Lipinski definition) is 1. The van der Waals surface area contributed by atoms with Gasteiger partial charge in [-0.1, -0.05) is 12.1 Å². The number of Topliss-reactive ketones (excluding diaryl/α,β-unsaturated/α-hetero) is 1. The summed E-state index contributed by atoms with van der Waals surface area (Å²) in [5.41, 5.74) is 0.693. The molecule has 0 saturated heterocycles. The molecule has 6 heteroatoms. The van der Waals surface area contributed by atoms with E-state index < -0.39 is 29.8 Å². The summed E-state index contributed by atoms with van der Waals surface area (Å²) in [7, 11) is 0. The van der Waals surface area contributed by atoms with Crippen LogP contribution in [0.15, 0.2) is 30.3 Å². The molecular weight excluding hydrogens is 345 g/mol. The van der Waals surface area contributed by atoms with Gasteiger partial charge in [0, 0.05) is 6.42 Å². The van der Waals surface area contributed by atoms with Gasteiger partial charge in [0.15, 0.2) is 17.3 Å². The minimum Gasteiger partial charge on any atom is -0.504 e.